The van der Waals surface area contributed by atoms with Gasteiger partial charge < -0.3 is 15.4 Å². The molecule has 0 heterocycles. The SMILES string of the molecule is CNC(=O)NC(=O)[C@H](C)OC(=O)CNc1cccc(C(F)(F)F)c1. The van der Waals surface area contributed by atoms with E-state index in [0.29, 0.717) is 0 Å². The number of carbonyl (C=O) groups excluding carboxylic acids is 3. The van der Waals surface area contributed by atoms with Crippen LogP contribution >= 0.6 is 0 Å². The Morgan fingerprint density at radius 1 is 1.25 bits per heavy atom. The third-order valence-electron chi connectivity index (χ3n) is 2.77. The van der Waals surface area contributed by atoms with Gasteiger partial charge in [-0.15, -0.1) is 0 Å². The van der Waals surface area contributed by atoms with E-state index in [0.717, 1.165) is 12.1 Å². The Kier molecular flexibility index (Phi) is 6.57. The van der Waals surface area contributed by atoms with Crippen molar-refractivity contribution in [3.63, 3.8) is 0 Å². The van der Waals surface area contributed by atoms with Gasteiger partial charge >= 0.3 is 18.2 Å². The minimum atomic E-state index is -4.50. The summed E-state index contributed by atoms with van der Waals surface area (Å²) in [5, 5.41) is 6.54. The van der Waals surface area contributed by atoms with Crippen LogP contribution in [-0.2, 0) is 20.5 Å². The monoisotopic (exact) mass is 347 g/mol. The fraction of sp³-hybridized carbons (Fsp3) is 0.357. The molecule has 1 aromatic rings. The first-order valence-corrected chi connectivity index (χ1v) is 6.76. The Morgan fingerprint density at radius 3 is 2.50 bits per heavy atom. The molecular weight excluding hydrogens is 331 g/mol. The van der Waals surface area contributed by atoms with Gasteiger partial charge in [0.05, 0.1) is 5.56 Å². The molecule has 0 radical (unpaired) electrons. The molecule has 0 fully saturated rings. The largest absolute Gasteiger partial charge is 0.451 e. The summed E-state index contributed by atoms with van der Waals surface area (Å²) < 4.78 is 42.5. The molecule has 0 saturated heterocycles. The van der Waals surface area contributed by atoms with Gasteiger partial charge in [0, 0.05) is 12.7 Å². The molecule has 1 rings (SSSR count). The van der Waals surface area contributed by atoms with Gasteiger partial charge in [0.15, 0.2) is 6.10 Å². The number of benzene rings is 1. The highest BCUT2D eigenvalue weighted by atomic mass is 19.4. The zero-order valence-corrected chi connectivity index (χ0v) is 12.9. The number of alkyl halides is 3. The normalized spacial score (nSPS) is 12.0. The lowest BCUT2D eigenvalue weighted by atomic mass is 10.2. The van der Waals surface area contributed by atoms with E-state index in [1.54, 1.807) is 0 Å². The van der Waals surface area contributed by atoms with Crippen molar-refractivity contribution in [3.8, 4) is 0 Å². The number of rotatable bonds is 5. The standard InChI is InChI=1S/C14H16F3N3O4/c1-8(12(22)20-13(23)18-2)24-11(21)7-19-10-5-3-4-9(6-10)14(15,16)17/h3-6,8,19H,7H2,1-2H3,(H2,18,20,22,23)/t8-/m0/s1. The summed E-state index contributed by atoms with van der Waals surface area (Å²) in [5.41, 5.74) is -0.788. The molecule has 132 valence electrons. The first kappa shape index (κ1) is 19.3. The number of carbonyl (C=O) groups is 3. The maximum atomic E-state index is 12.6. The number of amides is 3. The second kappa shape index (κ2) is 8.18. The maximum Gasteiger partial charge on any atom is 0.416 e. The molecule has 1 atom stereocenters. The Hall–Kier alpha value is -2.78. The van der Waals surface area contributed by atoms with Gasteiger partial charge in [-0.25, -0.2) is 4.79 Å². The summed E-state index contributed by atoms with van der Waals surface area (Å²) in [6.45, 7) is 0.805. The summed E-state index contributed by atoms with van der Waals surface area (Å²) >= 11 is 0. The van der Waals surface area contributed by atoms with E-state index in [9.17, 15) is 27.6 Å². The van der Waals surface area contributed by atoms with E-state index in [-0.39, 0.29) is 5.69 Å². The average molecular weight is 347 g/mol. The highest BCUT2D eigenvalue weighted by molar-refractivity contribution is 5.97. The lowest BCUT2D eigenvalue weighted by Gasteiger charge is -2.14. The number of hydrogen-bond donors (Lipinski definition) is 3. The van der Waals surface area contributed by atoms with Crippen molar-refractivity contribution in [1.29, 1.82) is 0 Å². The van der Waals surface area contributed by atoms with Crippen molar-refractivity contribution >= 4 is 23.6 Å². The number of nitrogens with one attached hydrogen (secondary N) is 3. The molecule has 0 bridgehead atoms. The zero-order chi connectivity index (χ0) is 18.3. The van der Waals surface area contributed by atoms with Crippen LogP contribution in [0.1, 0.15) is 12.5 Å². The summed E-state index contributed by atoms with van der Waals surface area (Å²) in [7, 11) is 1.30. The van der Waals surface area contributed by atoms with E-state index in [2.05, 4.69) is 10.6 Å². The van der Waals surface area contributed by atoms with Crippen LogP contribution in [0.5, 0.6) is 0 Å². The van der Waals surface area contributed by atoms with Crippen molar-refractivity contribution < 1.29 is 32.3 Å². The van der Waals surface area contributed by atoms with Crippen molar-refractivity contribution in [1.82, 2.24) is 10.6 Å². The Bertz CT molecular complexity index is 620. The van der Waals surface area contributed by atoms with Gasteiger partial charge in [0.1, 0.15) is 6.54 Å². The number of esters is 1. The first-order valence-electron chi connectivity index (χ1n) is 6.76. The van der Waals surface area contributed by atoms with Crippen LogP contribution in [0, 0.1) is 0 Å². The van der Waals surface area contributed by atoms with Crippen LogP contribution in [-0.4, -0.2) is 37.6 Å². The zero-order valence-electron chi connectivity index (χ0n) is 12.9. The molecule has 0 aliphatic rings. The van der Waals surface area contributed by atoms with E-state index in [1.165, 1.54) is 26.1 Å². The van der Waals surface area contributed by atoms with Crippen LogP contribution in [0.15, 0.2) is 24.3 Å². The number of imide groups is 1. The fourth-order valence-corrected chi connectivity index (χ4v) is 1.55. The second-order valence-electron chi connectivity index (χ2n) is 4.63. The molecule has 0 aromatic heterocycles. The van der Waals surface area contributed by atoms with E-state index >= 15 is 0 Å². The summed E-state index contributed by atoms with van der Waals surface area (Å²) in [6, 6.07) is 3.52. The number of ether oxygens (including phenoxy) is 1. The molecule has 10 heteroatoms. The summed E-state index contributed by atoms with van der Waals surface area (Å²) in [5.74, 6) is -1.70. The lowest BCUT2D eigenvalue weighted by molar-refractivity contribution is -0.152. The van der Waals surface area contributed by atoms with Gasteiger partial charge in [-0.1, -0.05) is 6.07 Å². The quantitative estimate of drug-likeness (QED) is 0.702. The minimum Gasteiger partial charge on any atom is -0.451 e. The van der Waals surface area contributed by atoms with Crippen molar-refractivity contribution in [2.75, 3.05) is 18.9 Å². The summed E-state index contributed by atoms with van der Waals surface area (Å²) in [4.78, 5) is 34.0. The highest BCUT2D eigenvalue weighted by Gasteiger charge is 2.30. The Labute approximate surface area is 135 Å². The molecule has 3 amide bonds. The van der Waals surface area contributed by atoms with Crippen LogP contribution in [0.3, 0.4) is 0 Å². The molecule has 0 aliphatic heterocycles. The minimum absolute atomic E-state index is 0.0734. The van der Waals surface area contributed by atoms with Crippen molar-refractivity contribution in [3.05, 3.63) is 29.8 Å². The van der Waals surface area contributed by atoms with Gasteiger partial charge in [-0.05, 0) is 25.1 Å². The predicted octanol–water partition coefficient (Wildman–Crippen LogP) is 1.50. The molecule has 3 N–H and O–H groups in total. The van der Waals surface area contributed by atoms with Crippen LogP contribution in [0.4, 0.5) is 23.7 Å². The van der Waals surface area contributed by atoms with Crippen LogP contribution in [0.2, 0.25) is 0 Å². The molecule has 0 aliphatic carbocycles. The number of urea groups is 1. The van der Waals surface area contributed by atoms with Gasteiger partial charge in [0.2, 0.25) is 0 Å². The summed E-state index contributed by atoms with van der Waals surface area (Å²) in [6.07, 6.45) is -5.73. The van der Waals surface area contributed by atoms with Gasteiger partial charge in [-0.2, -0.15) is 13.2 Å². The lowest BCUT2D eigenvalue weighted by Crippen LogP contribution is -2.43. The van der Waals surface area contributed by atoms with Crippen LogP contribution in [0.25, 0.3) is 0 Å². The first-order chi connectivity index (χ1) is 11.1. The van der Waals surface area contributed by atoms with E-state index in [4.69, 9.17) is 4.74 Å². The molecule has 1 aromatic carbocycles. The average Bonchev–Trinajstić information content (AvgIpc) is 2.52. The van der Waals surface area contributed by atoms with Crippen molar-refractivity contribution in [2.24, 2.45) is 0 Å². The molecule has 24 heavy (non-hydrogen) atoms. The van der Waals surface area contributed by atoms with Crippen LogP contribution < -0.4 is 16.0 Å². The topological polar surface area (TPSA) is 96.5 Å². The Morgan fingerprint density at radius 2 is 1.92 bits per heavy atom. The molecule has 0 spiro atoms. The van der Waals surface area contributed by atoms with Crippen molar-refractivity contribution in [2.45, 2.75) is 19.2 Å². The number of halogens is 3. The third-order valence-corrected chi connectivity index (χ3v) is 2.77. The maximum absolute atomic E-state index is 12.6. The second-order valence-corrected chi connectivity index (χ2v) is 4.63. The third kappa shape index (κ3) is 6.15. The molecule has 0 unspecified atom stereocenters. The smallest absolute Gasteiger partial charge is 0.416 e. The molecule has 7 nitrogen and oxygen atoms in total. The fourth-order valence-electron chi connectivity index (χ4n) is 1.55. The molecule has 0 saturated carbocycles. The van der Waals surface area contributed by atoms with E-state index < -0.39 is 42.3 Å². The van der Waals surface area contributed by atoms with E-state index in [1.807, 2.05) is 5.32 Å². The number of anilines is 1. The predicted molar refractivity (Wildman–Crippen MR) is 78.1 cm³/mol. The van der Waals surface area contributed by atoms with Gasteiger partial charge in [-0.3, -0.25) is 14.9 Å². The highest BCUT2D eigenvalue weighted by Crippen LogP contribution is 2.30. The Balaban J connectivity index is 2.52. The number of hydrogen-bond acceptors (Lipinski definition) is 5. The van der Waals surface area contributed by atoms with Gasteiger partial charge in [0.25, 0.3) is 5.91 Å². The molecular formula is C14H16F3N3O4.